The molecule has 0 heterocycles. The van der Waals surface area contributed by atoms with E-state index in [1.165, 1.54) is 21.7 Å². The third-order valence-corrected chi connectivity index (χ3v) is 4.68. The first-order valence-corrected chi connectivity index (χ1v) is 7.47. The number of halogens is 2. The van der Waals surface area contributed by atoms with Gasteiger partial charge in [0.05, 0.1) is 0 Å². The van der Waals surface area contributed by atoms with E-state index in [1.54, 1.807) is 0 Å². The lowest BCUT2D eigenvalue weighted by molar-refractivity contribution is 1.43. The quantitative estimate of drug-likeness (QED) is 0.591. The van der Waals surface area contributed by atoms with Gasteiger partial charge in [0.15, 0.2) is 0 Å². The number of hydrogen-bond donors (Lipinski definition) is 0. The molecule has 0 aromatic heterocycles. The topological polar surface area (TPSA) is 0 Å². The van der Waals surface area contributed by atoms with Gasteiger partial charge in [0.1, 0.15) is 0 Å². The summed E-state index contributed by atoms with van der Waals surface area (Å²) in [6.07, 6.45) is 0. The van der Waals surface area contributed by atoms with E-state index in [1.807, 2.05) is 12.1 Å². The highest BCUT2D eigenvalue weighted by atomic mass is 35.5. The van der Waals surface area contributed by atoms with Crippen LogP contribution >= 0.6 is 31.8 Å². The summed E-state index contributed by atoms with van der Waals surface area (Å²) in [7, 11) is 0.619. The molecule has 0 N–H and O–H groups in total. The molecule has 0 nitrogen and oxygen atoms in total. The predicted octanol–water partition coefficient (Wildman–Crippen LogP) is 3.79. The zero-order valence-electron chi connectivity index (χ0n) is 9.29. The molecule has 0 saturated heterocycles. The lowest BCUT2D eigenvalue weighted by Crippen LogP contribution is -2.10. The van der Waals surface area contributed by atoms with E-state index in [9.17, 15) is 0 Å². The summed E-state index contributed by atoms with van der Waals surface area (Å²) < 4.78 is 0. The van der Waals surface area contributed by atoms with Crippen molar-refractivity contribution >= 4 is 42.4 Å². The number of rotatable bonds is 4. The molecule has 0 aliphatic rings. The summed E-state index contributed by atoms with van der Waals surface area (Å²) in [6.45, 7) is 0. The van der Waals surface area contributed by atoms with Gasteiger partial charge in [-0.3, -0.25) is 0 Å². The summed E-state index contributed by atoms with van der Waals surface area (Å²) >= 11 is 11.9. The van der Waals surface area contributed by atoms with Gasteiger partial charge in [0.2, 0.25) is 0 Å². The second-order valence-corrected chi connectivity index (χ2v) is 5.57. The molecule has 2 aromatic carbocycles. The van der Waals surface area contributed by atoms with Crippen LogP contribution in [0.4, 0.5) is 0 Å². The molecule has 0 unspecified atom stereocenters. The van der Waals surface area contributed by atoms with Crippen LogP contribution in [-0.2, 0) is 11.8 Å². The summed E-state index contributed by atoms with van der Waals surface area (Å²) in [4.78, 5) is 0. The second kappa shape index (κ2) is 6.40. The van der Waals surface area contributed by atoms with Crippen LogP contribution < -0.4 is 10.6 Å². The lowest BCUT2D eigenvalue weighted by atomic mass is 10.2. The maximum absolute atomic E-state index is 5.95. The van der Waals surface area contributed by atoms with Crippen molar-refractivity contribution in [2.24, 2.45) is 0 Å². The number of hydrogen-bond acceptors (Lipinski definition) is 0. The van der Waals surface area contributed by atoms with E-state index in [0.717, 1.165) is 0 Å². The monoisotopic (exact) mass is 282 g/mol. The van der Waals surface area contributed by atoms with Crippen LogP contribution in [-0.4, -0.2) is 0 Å². The predicted molar refractivity (Wildman–Crippen MR) is 79.6 cm³/mol. The molecule has 0 atom stereocenters. The largest absolute Gasteiger partial charge is 0.122 e. The Labute approximate surface area is 114 Å². The first-order chi connectivity index (χ1) is 8.35. The van der Waals surface area contributed by atoms with Crippen LogP contribution in [0.25, 0.3) is 0 Å². The fraction of sp³-hybridized carbons (Fsp3) is 0.143. The third-order valence-electron chi connectivity index (χ3n) is 2.59. The minimum Gasteiger partial charge on any atom is -0.122 e. The first kappa shape index (κ1) is 12.9. The highest BCUT2D eigenvalue weighted by Crippen LogP contribution is 2.18. The zero-order valence-corrected chi connectivity index (χ0v) is 11.8. The minimum absolute atomic E-state index is 0.562. The summed E-state index contributed by atoms with van der Waals surface area (Å²) in [6, 6.07) is 16.6. The maximum Gasteiger partial charge on any atom is 0.0480 e. The van der Waals surface area contributed by atoms with Gasteiger partial charge in [0.25, 0.3) is 0 Å². The summed E-state index contributed by atoms with van der Waals surface area (Å²) in [5.74, 6) is 1.12. The van der Waals surface area contributed by atoms with Crippen molar-refractivity contribution in [2.45, 2.75) is 11.8 Å². The average molecular weight is 283 g/mol. The van der Waals surface area contributed by atoms with E-state index in [-0.39, 0.29) is 0 Å². The summed E-state index contributed by atoms with van der Waals surface area (Å²) in [5, 5.41) is 2.61. The molecule has 2 rings (SSSR count). The molecule has 2 aromatic rings. The van der Waals surface area contributed by atoms with Crippen molar-refractivity contribution < 1.29 is 0 Å². The molecule has 17 heavy (non-hydrogen) atoms. The minimum atomic E-state index is 0.562. The Hall–Kier alpha value is -0.550. The first-order valence-electron chi connectivity index (χ1n) is 5.40. The molecule has 0 aliphatic heterocycles. The molecule has 3 heteroatoms. The van der Waals surface area contributed by atoms with E-state index in [2.05, 4.69) is 36.4 Å². The molecule has 88 valence electrons. The highest BCUT2D eigenvalue weighted by Gasteiger charge is 2.05. The SMILES string of the molecule is ClCc1ccccc1Pc1ccccc1CCl. The van der Waals surface area contributed by atoms with Gasteiger partial charge in [-0.15, -0.1) is 23.2 Å². The van der Waals surface area contributed by atoms with Crippen molar-refractivity contribution in [1.82, 2.24) is 0 Å². The molecule has 0 bridgehead atoms. The highest BCUT2D eigenvalue weighted by molar-refractivity contribution is 7.55. The fourth-order valence-electron chi connectivity index (χ4n) is 1.66. The molecular formula is C14H13Cl2P. The summed E-state index contributed by atoms with van der Waals surface area (Å²) in [5.41, 5.74) is 2.41. The van der Waals surface area contributed by atoms with Crippen LogP contribution in [0.15, 0.2) is 48.5 Å². The van der Waals surface area contributed by atoms with Crippen molar-refractivity contribution in [1.29, 1.82) is 0 Å². The van der Waals surface area contributed by atoms with Gasteiger partial charge in [-0.25, -0.2) is 0 Å². The van der Waals surface area contributed by atoms with Crippen molar-refractivity contribution in [2.75, 3.05) is 0 Å². The Bertz CT molecular complexity index is 452. The van der Waals surface area contributed by atoms with Gasteiger partial charge in [-0.05, 0) is 21.7 Å². The molecule has 0 fully saturated rings. The normalized spacial score (nSPS) is 10.5. The van der Waals surface area contributed by atoms with E-state index < -0.39 is 0 Å². The van der Waals surface area contributed by atoms with Gasteiger partial charge < -0.3 is 0 Å². The smallest absolute Gasteiger partial charge is 0.0480 e. The zero-order chi connectivity index (χ0) is 12.1. The molecule has 0 amide bonds. The second-order valence-electron chi connectivity index (χ2n) is 3.71. The standard InChI is InChI=1S/C14H13Cl2P/c15-9-11-5-1-3-7-13(11)17-14-8-4-2-6-12(14)10-16/h1-8,17H,9-10H2. The van der Waals surface area contributed by atoms with Crippen LogP contribution in [0.2, 0.25) is 0 Å². The lowest BCUT2D eigenvalue weighted by Gasteiger charge is -2.10. The van der Waals surface area contributed by atoms with Gasteiger partial charge >= 0.3 is 0 Å². The Kier molecular flexibility index (Phi) is 4.86. The van der Waals surface area contributed by atoms with Gasteiger partial charge in [-0.1, -0.05) is 57.1 Å². The van der Waals surface area contributed by atoms with E-state index >= 15 is 0 Å². The molecule has 0 aliphatic carbocycles. The molecule has 0 spiro atoms. The van der Waals surface area contributed by atoms with E-state index in [0.29, 0.717) is 20.3 Å². The Balaban J connectivity index is 2.31. The Morgan fingerprint density at radius 2 is 1.12 bits per heavy atom. The third kappa shape index (κ3) is 3.22. The van der Waals surface area contributed by atoms with Crippen LogP contribution in [0.5, 0.6) is 0 Å². The number of benzene rings is 2. The fourth-order valence-corrected chi connectivity index (χ4v) is 3.67. The molecule has 0 radical (unpaired) electrons. The number of alkyl halides is 2. The van der Waals surface area contributed by atoms with Crippen LogP contribution in [0.1, 0.15) is 11.1 Å². The average Bonchev–Trinajstić information content (AvgIpc) is 2.40. The van der Waals surface area contributed by atoms with Crippen molar-refractivity contribution in [3.8, 4) is 0 Å². The van der Waals surface area contributed by atoms with Crippen molar-refractivity contribution in [3.63, 3.8) is 0 Å². The maximum atomic E-state index is 5.95. The van der Waals surface area contributed by atoms with Crippen LogP contribution in [0, 0.1) is 0 Å². The van der Waals surface area contributed by atoms with Gasteiger partial charge in [0, 0.05) is 11.8 Å². The molecular weight excluding hydrogens is 270 g/mol. The Morgan fingerprint density at radius 3 is 1.53 bits per heavy atom. The van der Waals surface area contributed by atoms with Crippen molar-refractivity contribution in [3.05, 3.63) is 59.7 Å². The van der Waals surface area contributed by atoms with Crippen LogP contribution in [0.3, 0.4) is 0 Å². The molecule has 0 saturated carbocycles. The van der Waals surface area contributed by atoms with Gasteiger partial charge in [-0.2, -0.15) is 0 Å². The van der Waals surface area contributed by atoms with E-state index in [4.69, 9.17) is 23.2 Å². The Morgan fingerprint density at radius 1 is 0.706 bits per heavy atom.